The minimum Gasteiger partial charge on any atom is -0.497 e. The predicted molar refractivity (Wildman–Crippen MR) is 113 cm³/mol. The Balaban J connectivity index is 1.85. The Bertz CT molecular complexity index is 1250. The van der Waals surface area contributed by atoms with Crippen LogP contribution in [0.4, 0.5) is 4.39 Å². The van der Waals surface area contributed by atoms with Crippen molar-refractivity contribution in [2.45, 2.75) is 6.54 Å². The Morgan fingerprint density at radius 1 is 1.12 bits per heavy atom. The fourth-order valence-corrected chi connectivity index (χ4v) is 3.41. The summed E-state index contributed by atoms with van der Waals surface area (Å²) in [4.78, 5) is 40.9. The molecule has 0 N–H and O–H groups in total. The van der Waals surface area contributed by atoms with Gasteiger partial charge >= 0.3 is 5.69 Å². The fraction of sp³-hybridized carbons (Fsp3) is 0.273. The average molecular weight is 440 g/mol. The highest BCUT2D eigenvalue weighted by molar-refractivity contribution is 5.91. The number of ether oxygens (including phenoxy) is 2. The van der Waals surface area contributed by atoms with Gasteiger partial charge in [0.1, 0.15) is 11.6 Å². The zero-order chi connectivity index (χ0) is 22.7. The maximum atomic E-state index is 13.7. The number of methoxy groups -OCH3 is 1. The van der Waals surface area contributed by atoms with Crippen molar-refractivity contribution in [2.75, 3.05) is 33.4 Å². The number of carbonyl (C=O) groups is 1. The summed E-state index contributed by atoms with van der Waals surface area (Å²) in [6, 6.07) is 12.0. The molecule has 1 fully saturated rings. The van der Waals surface area contributed by atoms with Crippen molar-refractivity contribution in [1.82, 2.24) is 19.2 Å². The van der Waals surface area contributed by atoms with Crippen molar-refractivity contribution in [3.8, 4) is 11.4 Å². The van der Waals surface area contributed by atoms with E-state index in [-0.39, 0.29) is 6.54 Å². The molecule has 1 aliphatic rings. The van der Waals surface area contributed by atoms with Crippen LogP contribution >= 0.6 is 0 Å². The molecular weight excluding hydrogens is 419 g/mol. The predicted octanol–water partition coefficient (Wildman–Crippen LogP) is 1.06. The van der Waals surface area contributed by atoms with Crippen molar-refractivity contribution >= 4 is 5.91 Å². The first kappa shape index (κ1) is 21.4. The molecule has 4 rings (SSSR count). The van der Waals surface area contributed by atoms with Gasteiger partial charge < -0.3 is 14.4 Å². The molecule has 0 bridgehead atoms. The van der Waals surface area contributed by atoms with Gasteiger partial charge in [0.2, 0.25) is 5.69 Å². The lowest BCUT2D eigenvalue weighted by atomic mass is 10.2. The molecule has 1 aromatic heterocycles. The summed E-state index contributed by atoms with van der Waals surface area (Å²) in [6.45, 7) is 1.11. The number of aromatic nitrogens is 3. The second kappa shape index (κ2) is 9.15. The third-order valence-electron chi connectivity index (χ3n) is 5.11. The van der Waals surface area contributed by atoms with Crippen LogP contribution in [0.2, 0.25) is 0 Å². The van der Waals surface area contributed by atoms with Gasteiger partial charge in [-0.2, -0.15) is 9.78 Å². The number of benzene rings is 2. The number of morpholine rings is 1. The number of halogens is 1. The molecule has 9 nitrogen and oxygen atoms in total. The van der Waals surface area contributed by atoms with Crippen molar-refractivity contribution in [3.63, 3.8) is 0 Å². The second-order valence-corrected chi connectivity index (χ2v) is 7.17. The van der Waals surface area contributed by atoms with Crippen LogP contribution in [0.15, 0.2) is 58.1 Å². The van der Waals surface area contributed by atoms with E-state index in [1.807, 2.05) is 0 Å². The van der Waals surface area contributed by atoms with Crippen molar-refractivity contribution in [3.05, 3.63) is 86.4 Å². The molecule has 166 valence electrons. The van der Waals surface area contributed by atoms with E-state index in [1.165, 1.54) is 30.2 Å². The number of hydrogen-bond acceptors (Lipinski definition) is 6. The van der Waals surface area contributed by atoms with Crippen molar-refractivity contribution < 1.29 is 18.7 Å². The number of carbonyl (C=O) groups excluding carboxylic acids is 1. The Morgan fingerprint density at radius 3 is 2.50 bits per heavy atom. The van der Waals surface area contributed by atoms with E-state index in [4.69, 9.17) is 9.47 Å². The normalized spacial score (nSPS) is 13.8. The highest BCUT2D eigenvalue weighted by atomic mass is 19.1. The van der Waals surface area contributed by atoms with Gasteiger partial charge in [0.25, 0.3) is 11.5 Å². The van der Waals surface area contributed by atoms with Crippen LogP contribution in [-0.2, 0) is 11.3 Å². The number of amides is 1. The molecule has 1 aliphatic heterocycles. The van der Waals surface area contributed by atoms with Crippen molar-refractivity contribution in [1.29, 1.82) is 0 Å². The molecule has 0 saturated carbocycles. The fourth-order valence-electron chi connectivity index (χ4n) is 3.41. The zero-order valence-electron chi connectivity index (χ0n) is 17.4. The van der Waals surface area contributed by atoms with Crippen LogP contribution < -0.4 is 16.0 Å². The second-order valence-electron chi connectivity index (χ2n) is 7.17. The quantitative estimate of drug-likeness (QED) is 0.589. The zero-order valence-corrected chi connectivity index (χ0v) is 17.4. The smallest absolute Gasteiger partial charge is 0.352 e. The summed E-state index contributed by atoms with van der Waals surface area (Å²) < 4.78 is 26.0. The summed E-state index contributed by atoms with van der Waals surface area (Å²) in [5.74, 6) is -0.516. The van der Waals surface area contributed by atoms with Crippen LogP contribution in [-0.4, -0.2) is 58.6 Å². The maximum absolute atomic E-state index is 13.7. The van der Waals surface area contributed by atoms with Gasteiger partial charge in [-0.1, -0.05) is 12.1 Å². The first-order chi connectivity index (χ1) is 15.5. The maximum Gasteiger partial charge on any atom is 0.352 e. The molecular formula is C22H21FN4O5. The lowest BCUT2D eigenvalue weighted by Crippen LogP contribution is -2.48. The highest BCUT2D eigenvalue weighted by Crippen LogP contribution is 2.13. The SMILES string of the molecule is COc1ccc(-n2nc(C(=O)N3CCOCC3)c(=O)n(Cc3cccc(F)c3)c2=O)cc1. The third-order valence-corrected chi connectivity index (χ3v) is 5.11. The highest BCUT2D eigenvalue weighted by Gasteiger charge is 2.26. The monoisotopic (exact) mass is 440 g/mol. The Hall–Kier alpha value is -3.79. The molecule has 0 spiro atoms. The van der Waals surface area contributed by atoms with E-state index < -0.39 is 28.7 Å². The van der Waals surface area contributed by atoms with Crippen LogP contribution in [0.3, 0.4) is 0 Å². The molecule has 32 heavy (non-hydrogen) atoms. The van der Waals surface area contributed by atoms with Crippen LogP contribution in [0.25, 0.3) is 5.69 Å². The largest absolute Gasteiger partial charge is 0.497 e. The van der Waals surface area contributed by atoms with Gasteiger partial charge in [-0.15, -0.1) is 0 Å². The summed E-state index contributed by atoms with van der Waals surface area (Å²) in [7, 11) is 1.51. The first-order valence-electron chi connectivity index (χ1n) is 9.98. The lowest BCUT2D eigenvalue weighted by Gasteiger charge is -2.26. The van der Waals surface area contributed by atoms with E-state index >= 15 is 0 Å². The Labute approximate surface area is 182 Å². The third kappa shape index (κ3) is 4.30. The van der Waals surface area contributed by atoms with E-state index in [9.17, 15) is 18.8 Å². The lowest BCUT2D eigenvalue weighted by molar-refractivity contribution is 0.0295. The summed E-state index contributed by atoms with van der Waals surface area (Å²) in [5, 5.41) is 4.12. The van der Waals surface area contributed by atoms with E-state index in [0.717, 1.165) is 9.25 Å². The standard InChI is InChI=1S/C22H21FN4O5/c1-31-18-7-5-17(6-8-18)27-22(30)26(14-15-3-2-4-16(23)13-15)21(29)19(24-27)20(28)25-9-11-32-12-10-25/h2-8,13H,9-12,14H2,1H3. The van der Waals surface area contributed by atoms with E-state index in [2.05, 4.69) is 5.10 Å². The van der Waals surface area contributed by atoms with Gasteiger partial charge in [0.05, 0.1) is 32.6 Å². The molecule has 0 atom stereocenters. The molecule has 2 heterocycles. The number of nitrogens with zero attached hydrogens (tertiary/aromatic N) is 4. The van der Waals surface area contributed by atoms with Gasteiger partial charge in [0.15, 0.2) is 0 Å². The van der Waals surface area contributed by atoms with E-state index in [1.54, 1.807) is 30.3 Å². The minimum absolute atomic E-state index is 0.211. The van der Waals surface area contributed by atoms with Crippen molar-refractivity contribution in [2.24, 2.45) is 0 Å². The minimum atomic E-state index is -0.833. The van der Waals surface area contributed by atoms with Gasteiger partial charge in [-0.05, 0) is 42.0 Å². The Morgan fingerprint density at radius 2 is 1.84 bits per heavy atom. The van der Waals surface area contributed by atoms with Gasteiger partial charge in [-0.3, -0.25) is 14.2 Å². The molecule has 2 aromatic carbocycles. The molecule has 0 radical (unpaired) electrons. The number of hydrogen-bond donors (Lipinski definition) is 0. The summed E-state index contributed by atoms with van der Waals surface area (Å²) >= 11 is 0. The van der Waals surface area contributed by atoms with Crippen LogP contribution in [0, 0.1) is 5.82 Å². The van der Waals surface area contributed by atoms with Crippen LogP contribution in [0.5, 0.6) is 5.75 Å². The summed E-state index contributed by atoms with van der Waals surface area (Å²) in [5.41, 5.74) is -1.22. The first-order valence-corrected chi connectivity index (χ1v) is 9.98. The molecule has 10 heteroatoms. The number of rotatable bonds is 5. The Kier molecular flexibility index (Phi) is 6.13. The van der Waals surface area contributed by atoms with Crippen LogP contribution in [0.1, 0.15) is 16.1 Å². The summed E-state index contributed by atoms with van der Waals surface area (Å²) in [6.07, 6.45) is 0. The molecule has 1 saturated heterocycles. The van der Waals surface area contributed by atoms with E-state index in [0.29, 0.717) is 43.3 Å². The molecule has 3 aromatic rings. The average Bonchev–Trinajstić information content (AvgIpc) is 2.82. The molecule has 0 unspecified atom stereocenters. The van der Waals surface area contributed by atoms with Gasteiger partial charge in [0, 0.05) is 13.1 Å². The van der Waals surface area contributed by atoms with Gasteiger partial charge in [-0.25, -0.2) is 9.18 Å². The molecule has 1 amide bonds. The molecule has 0 aliphatic carbocycles. The topological polar surface area (TPSA) is 95.7 Å².